The molecule has 0 spiro atoms. The van der Waals surface area contributed by atoms with Gasteiger partial charge in [-0.3, -0.25) is 4.79 Å². The van der Waals surface area contributed by atoms with Crippen LogP contribution in [0.4, 0.5) is 10.1 Å². The molecule has 26 heavy (non-hydrogen) atoms. The Hall–Kier alpha value is -2.93. The van der Waals surface area contributed by atoms with Gasteiger partial charge in [-0.15, -0.1) is 0 Å². The van der Waals surface area contributed by atoms with Crippen LogP contribution in [0.5, 0.6) is 0 Å². The summed E-state index contributed by atoms with van der Waals surface area (Å²) in [6.07, 6.45) is 0. The summed E-state index contributed by atoms with van der Waals surface area (Å²) in [6, 6.07) is 12.4. The smallest absolute Gasteiger partial charge is 0.337 e. The Balaban J connectivity index is 1.92. The summed E-state index contributed by atoms with van der Waals surface area (Å²) in [5.74, 6) is -1.80. The number of carboxylic acid groups (broad SMARTS) is 1. The third-order valence-electron chi connectivity index (χ3n) is 3.99. The number of benzene rings is 2. The molecule has 0 aliphatic carbocycles. The molecule has 0 radical (unpaired) electrons. The van der Waals surface area contributed by atoms with Gasteiger partial charge in [0.25, 0.3) is 5.91 Å². The number of carboxylic acids is 1. The fourth-order valence-electron chi connectivity index (χ4n) is 2.56. The third kappa shape index (κ3) is 3.39. The lowest BCUT2D eigenvalue weighted by Crippen LogP contribution is -2.24. The zero-order valence-corrected chi connectivity index (χ0v) is 14.9. The highest BCUT2D eigenvalue weighted by atomic mass is 32.2. The molecule has 1 N–H and O–H groups in total. The number of thioether (sulfide) groups is 1. The average Bonchev–Trinajstić information content (AvgIpc) is 3.02. The van der Waals surface area contributed by atoms with Crippen LogP contribution in [0, 0.1) is 5.82 Å². The van der Waals surface area contributed by atoms with E-state index in [4.69, 9.17) is 0 Å². The summed E-state index contributed by atoms with van der Waals surface area (Å²) >= 11 is 1.17. The van der Waals surface area contributed by atoms with Gasteiger partial charge in [-0.1, -0.05) is 24.3 Å². The van der Waals surface area contributed by atoms with Crippen molar-refractivity contribution < 1.29 is 19.1 Å². The number of nitrogens with zero attached hydrogens (tertiary/aromatic N) is 2. The highest BCUT2D eigenvalue weighted by Crippen LogP contribution is 2.36. The number of para-hydroxylation sites is 1. The van der Waals surface area contributed by atoms with E-state index >= 15 is 0 Å². The molecule has 2 aromatic carbocycles. The molecule has 3 rings (SSSR count). The van der Waals surface area contributed by atoms with Crippen molar-refractivity contribution >= 4 is 40.1 Å². The van der Waals surface area contributed by atoms with Crippen LogP contribution >= 0.6 is 11.8 Å². The van der Waals surface area contributed by atoms with E-state index in [0.29, 0.717) is 21.3 Å². The van der Waals surface area contributed by atoms with Crippen molar-refractivity contribution in [2.75, 3.05) is 11.9 Å². The zero-order chi connectivity index (χ0) is 18.8. The van der Waals surface area contributed by atoms with Crippen LogP contribution in [0.1, 0.15) is 22.8 Å². The minimum atomic E-state index is -1.05. The molecule has 0 fully saturated rings. The summed E-state index contributed by atoms with van der Waals surface area (Å²) < 4.78 is 13.1. The molecule has 1 heterocycles. The van der Waals surface area contributed by atoms with E-state index in [1.807, 2.05) is 0 Å². The van der Waals surface area contributed by atoms with E-state index in [-0.39, 0.29) is 11.4 Å². The van der Waals surface area contributed by atoms with Crippen LogP contribution in [-0.4, -0.2) is 29.2 Å². The van der Waals surface area contributed by atoms with Crippen LogP contribution in [0.15, 0.2) is 58.4 Å². The zero-order valence-electron chi connectivity index (χ0n) is 14.1. The van der Waals surface area contributed by atoms with Crippen molar-refractivity contribution in [2.45, 2.75) is 6.92 Å². The Morgan fingerprint density at radius 1 is 1.15 bits per heavy atom. The van der Waals surface area contributed by atoms with Gasteiger partial charge in [0.05, 0.1) is 16.2 Å². The molecule has 0 unspecified atom stereocenters. The average molecular weight is 370 g/mol. The second-order valence-electron chi connectivity index (χ2n) is 5.64. The summed E-state index contributed by atoms with van der Waals surface area (Å²) in [7, 11) is 1.66. The molecule has 7 heteroatoms. The van der Waals surface area contributed by atoms with Crippen LogP contribution in [0.3, 0.4) is 0 Å². The Labute approximate surface area is 153 Å². The lowest BCUT2D eigenvalue weighted by Gasteiger charge is -2.19. The van der Waals surface area contributed by atoms with Crippen molar-refractivity contribution in [3.8, 4) is 0 Å². The number of amidine groups is 1. The first-order chi connectivity index (χ1) is 12.4. The first kappa shape index (κ1) is 17.9. The molecular formula is C19H15FN2O3S. The molecule has 132 valence electrons. The van der Waals surface area contributed by atoms with Gasteiger partial charge < -0.3 is 10.0 Å². The number of carbonyl (C=O) groups excluding carboxylic acids is 1. The standard InChI is InChI=1S/C19H15FN2O3S/c1-11(12-7-9-13(20)10-8-12)16-17(23)21-19(26-16)22(2)15-6-4-3-5-14(15)18(24)25/h3-10H,1-2H3,(H,24,25)/b16-11-. The Kier molecular flexibility index (Phi) is 4.90. The number of rotatable bonds is 3. The Bertz CT molecular complexity index is 952. The number of amides is 1. The number of aromatic carboxylic acids is 1. The van der Waals surface area contributed by atoms with Crippen LogP contribution in [0.25, 0.3) is 5.57 Å². The van der Waals surface area contributed by atoms with Crippen LogP contribution in [-0.2, 0) is 4.79 Å². The maximum absolute atomic E-state index is 13.1. The van der Waals surface area contributed by atoms with E-state index in [0.717, 1.165) is 5.56 Å². The van der Waals surface area contributed by atoms with E-state index in [9.17, 15) is 19.1 Å². The Morgan fingerprint density at radius 3 is 2.46 bits per heavy atom. The third-order valence-corrected chi connectivity index (χ3v) is 5.22. The highest BCUT2D eigenvalue weighted by molar-refractivity contribution is 8.18. The first-order valence-electron chi connectivity index (χ1n) is 7.72. The van der Waals surface area contributed by atoms with Crippen molar-refractivity contribution in [2.24, 2.45) is 4.99 Å². The summed E-state index contributed by atoms with van der Waals surface area (Å²) in [5, 5.41) is 9.73. The lowest BCUT2D eigenvalue weighted by molar-refractivity contribution is -0.113. The van der Waals surface area contributed by atoms with Gasteiger partial charge in [0, 0.05) is 7.05 Å². The number of allylic oxidation sites excluding steroid dienone is 1. The van der Waals surface area contributed by atoms with E-state index in [1.165, 1.54) is 30.0 Å². The molecule has 5 nitrogen and oxygen atoms in total. The minimum Gasteiger partial charge on any atom is -0.478 e. The van der Waals surface area contributed by atoms with Crippen molar-refractivity contribution in [3.63, 3.8) is 0 Å². The molecule has 0 atom stereocenters. The SMILES string of the molecule is C/C(=C1/SC(N(C)c2ccccc2C(=O)O)=NC1=O)c1ccc(F)cc1. The number of anilines is 1. The number of hydrogen-bond donors (Lipinski definition) is 1. The second kappa shape index (κ2) is 7.13. The molecule has 1 aliphatic heterocycles. The van der Waals surface area contributed by atoms with E-state index in [2.05, 4.69) is 4.99 Å². The molecule has 1 amide bonds. The normalized spacial score (nSPS) is 15.7. The summed E-state index contributed by atoms with van der Waals surface area (Å²) in [6.45, 7) is 1.77. The summed E-state index contributed by atoms with van der Waals surface area (Å²) in [4.78, 5) is 29.8. The van der Waals surface area contributed by atoms with E-state index in [1.54, 1.807) is 49.2 Å². The maximum Gasteiger partial charge on any atom is 0.337 e. The number of aliphatic imine (C=N–C) groups is 1. The molecule has 0 saturated carbocycles. The minimum absolute atomic E-state index is 0.124. The second-order valence-corrected chi connectivity index (χ2v) is 6.62. The fraction of sp³-hybridized carbons (Fsp3) is 0.105. The van der Waals surface area contributed by atoms with Crippen molar-refractivity contribution in [1.29, 1.82) is 0 Å². The summed E-state index contributed by atoms with van der Waals surface area (Å²) in [5.41, 5.74) is 1.99. The van der Waals surface area contributed by atoms with E-state index < -0.39 is 11.9 Å². The fourth-order valence-corrected chi connectivity index (χ4v) is 3.51. The van der Waals surface area contributed by atoms with Gasteiger partial charge >= 0.3 is 5.97 Å². The molecular weight excluding hydrogens is 355 g/mol. The van der Waals surface area contributed by atoms with Crippen molar-refractivity contribution in [3.05, 3.63) is 70.4 Å². The first-order valence-corrected chi connectivity index (χ1v) is 8.54. The topological polar surface area (TPSA) is 70.0 Å². The van der Waals surface area contributed by atoms with Gasteiger partial charge in [0.1, 0.15) is 5.82 Å². The monoisotopic (exact) mass is 370 g/mol. The quantitative estimate of drug-likeness (QED) is 0.827. The molecule has 0 bridgehead atoms. The van der Waals surface area contributed by atoms with Gasteiger partial charge in [-0.05, 0) is 54.1 Å². The molecule has 2 aromatic rings. The molecule has 0 saturated heterocycles. The number of carbonyl (C=O) groups is 2. The van der Waals surface area contributed by atoms with Crippen LogP contribution < -0.4 is 4.90 Å². The van der Waals surface area contributed by atoms with Crippen LogP contribution in [0.2, 0.25) is 0 Å². The predicted molar refractivity (Wildman–Crippen MR) is 101 cm³/mol. The number of hydrogen-bond acceptors (Lipinski definition) is 4. The van der Waals surface area contributed by atoms with Gasteiger partial charge in [0.2, 0.25) is 0 Å². The number of halogens is 1. The maximum atomic E-state index is 13.1. The lowest BCUT2D eigenvalue weighted by atomic mass is 10.1. The largest absolute Gasteiger partial charge is 0.478 e. The molecule has 0 aromatic heterocycles. The van der Waals surface area contributed by atoms with Gasteiger partial charge in [-0.2, -0.15) is 4.99 Å². The Morgan fingerprint density at radius 2 is 1.81 bits per heavy atom. The van der Waals surface area contributed by atoms with Gasteiger partial charge in [0.15, 0.2) is 5.17 Å². The van der Waals surface area contributed by atoms with Gasteiger partial charge in [-0.25, -0.2) is 9.18 Å². The van der Waals surface area contributed by atoms with Crippen molar-refractivity contribution in [1.82, 2.24) is 0 Å². The molecule has 1 aliphatic rings. The predicted octanol–water partition coefficient (Wildman–Crippen LogP) is 4.02. The highest BCUT2D eigenvalue weighted by Gasteiger charge is 2.28.